The van der Waals surface area contributed by atoms with E-state index in [0.29, 0.717) is 19.2 Å². The van der Waals surface area contributed by atoms with Crippen LogP contribution in [0.25, 0.3) is 0 Å². The van der Waals surface area contributed by atoms with Crippen LogP contribution in [0, 0.1) is 0 Å². The molecule has 1 fully saturated rings. The molecule has 1 aromatic heterocycles. The highest BCUT2D eigenvalue weighted by atomic mass is 16.5. The largest absolute Gasteiger partial charge is 0.389 e. The summed E-state index contributed by atoms with van der Waals surface area (Å²) in [6, 6.07) is 4.36. The van der Waals surface area contributed by atoms with E-state index in [1.54, 1.807) is 6.20 Å². The monoisotopic (exact) mass is 308 g/mol. The fourth-order valence-corrected chi connectivity index (χ4v) is 2.60. The maximum Gasteiger partial charge on any atom is 0.0900 e. The molecule has 1 aliphatic heterocycles. The maximum atomic E-state index is 10.3. The SMILES string of the molecule is CC(C)N(Cc1cccnc1)CC(O)COC1CCOCC1. The second-order valence-electron chi connectivity index (χ2n) is 6.18. The average Bonchev–Trinajstić information content (AvgIpc) is 2.54. The molecule has 0 spiro atoms. The topological polar surface area (TPSA) is 54.8 Å². The van der Waals surface area contributed by atoms with Crippen molar-refractivity contribution in [3.8, 4) is 0 Å². The third kappa shape index (κ3) is 6.01. The van der Waals surface area contributed by atoms with Gasteiger partial charge in [-0.2, -0.15) is 0 Å². The maximum absolute atomic E-state index is 10.3. The first-order chi connectivity index (χ1) is 10.6. The van der Waals surface area contributed by atoms with Crippen LogP contribution in [0.5, 0.6) is 0 Å². The Morgan fingerprint density at radius 1 is 1.41 bits per heavy atom. The van der Waals surface area contributed by atoms with Crippen molar-refractivity contribution in [3.05, 3.63) is 30.1 Å². The van der Waals surface area contributed by atoms with Gasteiger partial charge in [-0.25, -0.2) is 0 Å². The molecule has 124 valence electrons. The van der Waals surface area contributed by atoms with Gasteiger partial charge in [-0.15, -0.1) is 0 Å². The van der Waals surface area contributed by atoms with E-state index < -0.39 is 6.10 Å². The quantitative estimate of drug-likeness (QED) is 0.794. The van der Waals surface area contributed by atoms with Crippen molar-refractivity contribution < 1.29 is 14.6 Å². The standard InChI is InChI=1S/C17H28N2O3/c1-14(2)19(11-15-4-3-7-18-10-15)12-16(20)13-22-17-5-8-21-9-6-17/h3-4,7,10,14,16-17,20H,5-6,8-9,11-13H2,1-2H3. The number of ether oxygens (including phenoxy) is 2. The molecule has 2 heterocycles. The molecule has 1 unspecified atom stereocenters. The number of hydrogen-bond acceptors (Lipinski definition) is 5. The van der Waals surface area contributed by atoms with Gasteiger partial charge in [0, 0.05) is 44.7 Å². The van der Waals surface area contributed by atoms with Gasteiger partial charge >= 0.3 is 0 Å². The summed E-state index contributed by atoms with van der Waals surface area (Å²) >= 11 is 0. The van der Waals surface area contributed by atoms with Crippen molar-refractivity contribution in [2.45, 2.75) is 51.5 Å². The molecule has 1 aromatic rings. The number of pyridine rings is 1. The molecular formula is C17H28N2O3. The normalized spacial score (nSPS) is 18.0. The molecule has 0 amide bonds. The van der Waals surface area contributed by atoms with Crippen molar-refractivity contribution in [1.82, 2.24) is 9.88 Å². The molecule has 0 radical (unpaired) electrons. The Hall–Kier alpha value is -1.01. The van der Waals surface area contributed by atoms with Gasteiger partial charge in [0.25, 0.3) is 0 Å². The Morgan fingerprint density at radius 3 is 2.82 bits per heavy atom. The third-order valence-electron chi connectivity index (χ3n) is 3.98. The number of nitrogens with zero attached hydrogens (tertiary/aromatic N) is 2. The van der Waals surface area contributed by atoms with Crippen LogP contribution >= 0.6 is 0 Å². The van der Waals surface area contributed by atoms with Crippen molar-refractivity contribution in [3.63, 3.8) is 0 Å². The molecule has 1 atom stereocenters. The van der Waals surface area contributed by atoms with E-state index in [4.69, 9.17) is 9.47 Å². The molecule has 1 aliphatic rings. The minimum atomic E-state index is -0.470. The fraction of sp³-hybridized carbons (Fsp3) is 0.706. The molecular weight excluding hydrogens is 280 g/mol. The van der Waals surface area contributed by atoms with Gasteiger partial charge in [-0.05, 0) is 38.3 Å². The zero-order valence-electron chi connectivity index (χ0n) is 13.6. The van der Waals surface area contributed by atoms with Crippen molar-refractivity contribution in [2.24, 2.45) is 0 Å². The predicted octanol–water partition coefficient (Wildman–Crippen LogP) is 1.85. The van der Waals surface area contributed by atoms with Gasteiger partial charge in [0.1, 0.15) is 0 Å². The van der Waals surface area contributed by atoms with E-state index in [2.05, 4.69) is 29.8 Å². The molecule has 1 saturated heterocycles. The molecule has 1 N–H and O–H groups in total. The zero-order chi connectivity index (χ0) is 15.8. The Balaban J connectivity index is 1.77. The Kier molecular flexibility index (Phi) is 7.25. The molecule has 2 rings (SSSR count). The van der Waals surface area contributed by atoms with Crippen molar-refractivity contribution in [1.29, 1.82) is 0 Å². The minimum Gasteiger partial charge on any atom is -0.389 e. The number of hydrogen-bond donors (Lipinski definition) is 1. The Labute approximate surface area is 133 Å². The molecule has 0 aromatic carbocycles. The highest BCUT2D eigenvalue weighted by Crippen LogP contribution is 2.12. The number of aromatic nitrogens is 1. The van der Waals surface area contributed by atoms with Crippen LogP contribution in [0.3, 0.4) is 0 Å². The van der Waals surface area contributed by atoms with Crippen LogP contribution in [-0.2, 0) is 16.0 Å². The van der Waals surface area contributed by atoms with Crippen LogP contribution in [-0.4, -0.2) is 59.6 Å². The van der Waals surface area contributed by atoms with Gasteiger partial charge in [0.15, 0.2) is 0 Å². The number of rotatable bonds is 8. The molecule has 0 saturated carbocycles. The minimum absolute atomic E-state index is 0.231. The summed E-state index contributed by atoms with van der Waals surface area (Å²) < 4.78 is 11.1. The second kappa shape index (κ2) is 9.20. The average molecular weight is 308 g/mol. The van der Waals surface area contributed by atoms with E-state index in [1.807, 2.05) is 12.3 Å². The lowest BCUT2D eigenvalue weighted by atomic mass is 10.1. The lowest BCUT2D eigenvalue weighted by Gasteiger charge is -2.30. The summed E-state index contributed by atoms with van der Waals surface area (Å²) in [5, 5.41) is 10.3. The highest BCUT2D eigenvalue weighted by Gasteiger charge is 2.19. The lowest BCUT2D eigenvalue weighted by molar-refractivity contribution is -0.0659. The first-order valence-corrected chi connectivity index (χ1v) is 8.15. The van der Waals surface area contributed by atoms with Gasteiger partial charge in [-0.1, -0.05) is 6.07 Å². The predicted molar refractivity (Wildman–Crippen MR) is 85.6 cm³/mol. The number of aliphatic hydroxyl groups is 1. The summed E-state index contributed by atoms with van der Waals surface area (Å²) in [6.07, 6.45) is 5.27. The first kappa shape index (κ1) is 17.3. The molecule has 22 heavy (non-hydrogen) atoms. The van der Waals surface area contributed by atoms with E-state index in [9.17, 15) is 5.11 Å². The second-order valence-corrected chi connectivity index (χ2v) is 6.18. The molecule has 0 bridgehead atoms. The summed E-state index contributed by atoms with van der Waals surface area (Å²) in [4.78, 5) is 6.39. The highest BCUT2D eigenvalue weighted by molar-refractivity contribution is 5.08. The van der Waals surface area contributed by atoms with E-state index in [1.165, 1.54) is 0 Å². The first-order valence-electron chi connectivity index (χ1n) is 8.15. The fourth-order valence-electron chi connectivity index (χ4n) is 2.60. The summed E-state index contributed by atoms with van der Waals surface area (Å²) in [5.74, 6) is 0. The van der Waals surface area contributed by atoms with Gasteiger partial charge in [0.2, 0.25) is 0 Å². The van der Waals surface area contributed by atoms with Crippen LogP contribution < -0.4 is 0 Å². The number of aliphatic hydroxyl groups excluding tert-OH is 1. The van der Waals surface area contributed by atoms with Gasteiger partial charge in [-0.3, -0.25) is 9.88 Å². The summed E-state index contributed by atoms with van der Waals surface area (Å²) in [5.41, 5.74) is 1.16. The Morgan fingerprint density at radius 2 is 2.18 bits per heavy atom. The zero-order valence-corrected chi connectivity index (χ0v) is 13.6. The Bertz CT molecular complexity index is 408. The van der Waals surface area contributed by atoms with Crippen LogP contribution in [0.15, 0.2) is 24.5 Å². The van der Waals surface area contributed by atoms with Gasteiger partial charge in [0.05, 0.1) is 18.8 Å². The lowest BCUT2D eigenvalue weighted by Crippen LogP contribution is -2.39. The van der Waals surface area contributed by atoms with E-state index in [0.717, 1.165) is 38.2 Å². The third-order valence-corrected chi connectivity index (χ3v) is 3.98. The molecule has 5 nitrogen and oxygen atoms in total. The van der Waals surface area contributed by atoms with Crippen LogP contribution in [0.1, 0.15) is 32.3 Å². The van der Waals surface area contributed by atoms with Crippen LogP contribution in [0.2, 0.25) is 0 Å². The van der Waals surface area contributed by atoms with E-state index >= 15 is 0 Å². The van der Waals surface area contributed by atoms with Gasteiger partial charge < -0.3 is 14.6 Å². The van der Waals surface area contributed by atoms with E-state index in [-0.39, 0.29) is 6.10 Å². The molecule has 0 aliphatic carbocycles. The van der Waals surface area contributed by atoms with Crippen LogP contribution in [0.4, 0.5) is 0 Å². The summed E-state index contributed by atoms with van der Waals surface area (Å²) in [7, 11) is 0. The van der Waals surface area contributed by atoms with Crippen molar-refractivity contribution in [2.75, 3.05) is 26.4 Å². The summed E-state index contributed by atoms with van der Waals surface area (Å²) in [6.45, 7) is 7.60. The smallest absolute Gasteiger partial charge is 0.0900 e. The molecule has 5 heteroatoms. The van der Waals surface area contributed by atoms with Crippen molar-refractivity contribution >= 4 is 0 Å².